The van der Waals surface area contributed by atoms with E-state index in [2.05, 4.69) is 4.98 Å². The summed E-state index contributed by atoms with van der Waals surface area (Å²) < 4.78 is 30.9. The number of carbonyl (C=O) groups is 1. The summed E-state index contributed by atoms with van der Waals surface area (Å²) in [5.41, 5.74) is 3.43. The number of fused-ring (bicyclic) bond motifs is 1. The van der Waals surface area contributed by atoms with Gasteiger partial charge in [-0.3, -0.25) is 4.98 Å². The number of aliphatic hydroxyl groups is 1. The molecule has 0 saturated heterocycles. The van der Waals surface area contributed by atoms with E-state index in [-0.39, 0.29) is 17.9 Å². The normalized spacial score (nSPS) is 10.9. The zero-order chi connectivity index (χ0) is 24.2. The predicted molar refractivity (Wildman–Crippen MR) is 127 cm³/mol. The molecule has 3 aromatic carbocycles. The van der Waals surface area contributed by atoms with Gasteiger partial charge in [0.2, 0.25) is 0 Å². The lowest BCUT2D eigenvalue weighted by atomic mass is 9.99. The van der Waals surface area contributed by atoms with Crippen LogP contribution in [0.5, 0.6) is 17.2 Å². The lowest BCUT2D eigenvalue weighted by Gasteiger charge is -2.16. The molecule has 6 nitrogen and oxygen atoms in total. The van der Waals surface area contributed by atoms with Crippen LogP contribution in [0.2, 0.25) is 0 Å². The summed E-state index contributed by atoms with van der Waals surface area (Å²) in [5.74, 6) is 0.854. The number of nitrogens with zero attached hydrogens (tertiary/aromatic N) is 1. The van der Waals surface area contributed by atoms with Gasteiger partial charge in [-0.05, 0) is 62.7 Å². The Morgan fingerprint density at radius 1 is 1.00 bits per heavy atom. The van der Waals surface area contributed by atoms with Crippen molar-refractivity contribution in [3.8, 4) is 28.4 Å². The average molecular weight is 461 g/mol. The largest absolute Gasteiger partial charge is 0.513 e. The zero-order valence-electron chi connectivity index (χ0n) is 19.1. The Balaban J connectivity index is 1.79. The Bertz CT molecular complexity index is 1330. The van der Waals surface area contributed by atoms with Gasteiger partial charge in [-0.25, -0.2) is 9.18 Å². The molecule has 1 N–H and O–H groups in total. The van der Waals surface area contributed by atoms with Crippen LogP contribution in [-0.2, 0) is 11.3 Å². The van der Waals surface area contributed by atoms with Gasteiger partial charge in [-0.1, -0.05) is 29.8 Å². The lowest BCUT2D eigenvalue weighted by molar-refractivity contribution is 0.105. The molecule has 1 aromatic heterocycles. The van der Waals surface area contributed by atoms with Crippen molar-refractivity contribution >= 4 is 17.1 Å². The topological polar surface area (TPSA) is 77.9 Å². The van der Waals surface area contributed by atoms with E-state index in [1.807, 2.05) is 43.3 Å². The van der Waals surface area contributed by atoms with E-state index < -0.39 is 18.6 Å². The molecule has 0 spiro atoms. The molecule has 0 amide bonds. The number of aryl methyl sites for hydroxylation is 2. The van der Waals surface area contributed by atoms with Crippen LogP contribution in [0.25, 0.3) is 22.0 Å². The molecule has 174 valence electrons. The number of hydrogen-bond donors (Lipinski definition) is 1. The van der Waals surface area contributed by atoms with Gasteiger partial charge in [-0.2, -0.15) is 0 Å². The van der Waals surface area contributed by atoms with E-state index in [1.165, 1.54) is 12.1 Å². The summed E-state index contributed by atoms with van der Waals surface area (Å²) in [4.78, 5) is 16.8. The average Bonchev–Trinajstić information content (AvgIpc) is 2.82. The molecule has 7 heteroatoms. The van der Waals surface area contributed by atoms with Crippen LogP contribution in [0.15, 0.2) is 60.7 Å². The van der Waals surface area contributed by atoms with E-state index in [4.69, 9.17) is 14.2 Å². The van der Waals surface area contributed by atoms with Gasteiger partial charge < -0.3 is 19.3 Å². The number of halogens is 1. The van der Waals surface area contributed by atoms with E-state index in [0.29, 0.717) is 39.2 Å². The maximum absolute atomic E-state index is 14.5. The second-order valence-electron chi connectivity index (χ2n) is 7.74. The maximum atomic E-state index is 14.5. The van der Waals surface area contributed by atoms with E-state index in [9.17, 15) is 14.3 Å². The molecular weight excluding hydrogens is 437 g/mol. The van der Waals surface area contributed by atoms with Gasteiger partial charge in [0.05, 0.1) is 18.7 Å². The first-order valence-corrected chi connectivity index (χ1v) is 10.8. The van der Waals surface area contributed by atoms with Crippen LogP contribution in [0.4, 0.5) is 9.18 Å². The number of aromatic nitrogens is 1. The molecule has 0 saturated carbocycles. The van der Waals surface area contributed by atoms with Crippen molar-refractivity contribution in [3.05, 3.63) is 83.3 Å². The fraction of sp³-hybridized carbons (Fsp3) is 0.185. The van der Waals surface area contributed by atoms with Crippen LogP contribution < -0.4 is 9.47 Å². The Kier molecular flexibility index (Phi) is 6.75. The minimum absolute atomic E-state index is 0.104. The lowest BCUT2D eigenvalue weighted by Crippen LogP contribution is -2.12. The first kappa shape index (κ1) is 23.2. The smallest absolute Gasteiger partial charge is 0.457 e. The summed E-state index contributed by atoms with van der Waals surface area (Å²) in [6.45, 7) is 5.10. The third-order valence-corrected chi connectivity index (χ3v) is 5.30. The third-order valence-electron chi connectivity index (χ3n) is 5.30. The highest BCUT2D eigenvalue weighted by Crippen LogP contribution is 2.40. The SMILES string of the molecule is CCOC(=O)Oc1c(-c2ccc(Oc3ccc(C)cc3)cc2)c(C)nc2cc(CO)c(F)cc12. The first-order valence-electron chi connectivity index (χ1n) is 10.8. The summed E-state index contributed by atoms with van der Waals surface area (Å²) in [7, 11) is 0. The molecule has 0 radical (unpaired) electrons. The van der Waals surface area contributed by atoms with Gasteiger partial charge in [0.15, 0.2) is 5.75 Å². The molecular formula is C27H24FNO5. The number of rotatable bonds is 6. The van der Waals surface area contributed by atoms with Crippen molar-refractivity contribution in [3.63, 3.8) is 0 Å². The van der Waals surface area contributed by atoms with Gasteiger partial charge >= 0.3 is 6.16 Å². The number of aliphatic hydroxyl groups excluding tert-OH is 1. The highest BCUT2D eigenvalue weighted by atomic mass is 19.1. The fourth-order valence-corrected chi connectivity index (χ4v) is 3.64. The van der Waals surface area contributed by atoms with Crippen LogP contribution in [0.3, 0.4) is 0 Å². The molecule has 0 bridgehead atoms. The predicted octanol–water partition coefficient (Wildman–Crippen LogP) is 6.48. The number of ether oxygens (including phenoxy) is 3. The number of pyridine rings is 1. The minimum Gasteiger partial charge on any atom is -0.457 e. The van der Waals surface area contributed by atoms with Crippen LogP contribution >= 0.6 is 0 Å². The molecule has 0 atom stereocenters. The Labute approximate surface area is 196 Å². The molecule has 0 aliphatic carbocycles. The van der Waals surface area contributed by atoms with Crippen molar-refractivity contribution < 1.29 is 28.5 Å². The van der Waals surface area contributed by atoms with Crippen molar-refractivity contribution in [1.29, 1.82) is 0 Å². The molecule has 34 heavy (non-hydrogen) atoms. The molecule has 0 unspecified atom stereocenters. The quantitative estimate of drug-likeness (QED) is 0.331. The van der Waals surface area contributed by atoms with Gasteiger partial charge in [0, 0.05) is 22.2 Å². The summed E-state index contributed by atoms with van der Waals surface area (Å²) in [5, 5.41) is 9.72. The molecule has 0 aliphatic heterocycles. The number of benzene rings is 3. The maximum Gasteiger partial charge on any atom is 0.513 e. The Hall–Kier alpha value is -3.97. The molecule has 4 rings (SSSR count). The number of hydrogen-bond acceptors (Lipinski definition) is 6. The highest BCUT2D eigenvalue weighted by Gasteiger charge is 2.21. The molecule has 0 aliphatic rings. The fourth-order valence-electron chi connectivity index (χ4n) is 3.64. The molecule has 4 aromatic rings. The standard InChI is InChI=1S/C27H24FNO5/c1-4-32-27(31)34-26-22-14-23(28)19(15-30)13-24(22)29-17(3)25(26)18-7-11-21(12-8-18)33-20-9-5-16(2)6-10-20/h5-14,30H,4,15H2,1-3H3. The third kappa shape index (κ3) is 4.84. The van der Waals surface area contributed by atoms with E-state index >= 15 is 0 Å². The summed E-state index contributed by atoms with van der Waals surface area (Å²) in [6, 6.07) is 17.6. The second-order valence-corrected chi connectivity index (χ2v) is 7.74. The van der Waals surface area contributed by atoms with Crippen molar-refractivity contribution in [2.24, 2.45) is 0 Å². The van der Waals surface area contributed by atoms with Crippen molar-refractivity contribution in [1.82, 2.24) is 4.98 Å². The van der Waals surface area contributed by atoms with E-state index in [1.54, 1.807) is 26.0 Å². The zero-order valence-corrected chi connectivity index (χ0v) is 19.1. The van der Waals surface area contributed by atoms with Gasteiger partial charge in [0.25, 0.3) is 0 Å². The van der Waals surface area contributed by atoms with Crippen LogP contribution in [0, 0.1) is 19.7 Å². The summed E-state index contributed by atoms with van der Waals surface area (Å²) >= 11 is 0. The van der Waals surface area contributed by atoms with Gasteiger partial charge in [-0.15, -0.1) is 0 Å². The Morgan fingerprint density at radius 2 is 1.65 bits per heavy atom. The molecule has 0 fully saturated rings. The van der Waals surface area contributed by atoms with E-state index in [0.717, 1.165) is 5.56 Å². The minimum atomic E-state index is -0.901. The first-order chi connectivity index (χ1) is 16.4. The second kappa shape index (κ2) is 9.89. The van der Waals surface area contributed by atoms with Crippen molar-refractivity contribution in [2.45, 2.75) is 27.4 Å². The van der Waals surface area contributed by atoms with Gasteiger partial charge in [0.1, 0.15) is 17.3 Å². The molecule has 1 heterocycles. The van der Waals surface area contributed by atoms with Crippen LogP contribution in [-0.4, -0.2) is 22.9 Å². The van der Waals surface area contributed by atoms with Crippen molar-refractivity contribution in [2.75, 3.05) is 6.61 Å². The van der Waals surface area contributed by atoms with Crippen LogP contribution in [0.1, 0.15) is 23.7 Å². The summed E-state index contributed by atoms with van der Waals surface area (Å²) in [6.07, 6.45) is -0.901. The highest BCUT2D eigenvalue weighted by molar-refractivity contribution is 5.95. The number of carbonyl (C=O) groups excluding carboxylic acids is 1. The monoisotopic (exact) mass is 461 g/mol. The Morgan fingerprint density at radius 3 is 2.26 bits per heavy atom.